The third-order valence-corrected chi connectivity index (χ3v) is 4.30. The van der Waals surface area contributed by atoms with E-state index in [4.69, 9.17) is 0 Å². The highest BCUT2D eigenvalue weighted by molar-refractivity contribution is 9.11. The lowest BCUT2D eigenvalue weighted by molar-refractivity contribution is 0.402. The molecule has 0 atom stereocenters. The van der Waals surface area contributed by atoms with Crippen molar-refractivity contribution >= 4 is 39.2 Å². The first kappa shape index (κ1) is 8.68. The second-order valence-electron chi connectivity index (χ2n) is 3.44. The smallest absolute Gasteiger partial charge is 0.110 e. The Labute approximate surface area is 95.1 Å². The minimum atomic E-state index is 0.820. The molecule has 0 bridgehead atoms. The van der Waals surface area contributed by atoms with Crippen molar-refractivity contribution in [2.75, 3.05) is 13.2 Å². The molecule has 3 heterocycles. The molecule has 0 saturated carbocycles. The molecule has 0 radical (unpaired) electrons. The number of nitrogens with zero attached hydrogens (tertiary/aromatic N) is 2. The standard InChI is InChI=1S/C10H9BrN2S/c11-9-5-7-2-4-13-6-12-3-1-8(13)10(7)14-9/h1,3,5H,2,4,6H2. The second kappa shape index (κ2) is 3.21. The minimum Gasteiger partial charge on any atom is -0.351 e. The van der Waals surface area contributed by atoms with Gasteiger partial charge in [0.1, 0.15) is 6.67 Å². The van der Waals surface area contributed by atoms with Gasteiger partial charge in [-0.15, -0.1) is 11.3 Å². The summed E-state index contributed by atoms with van der Waals surface area (Å²) in [4.78, 5) is 8.01. The molecule has 0 unspecified atom stereocenters. The molecule has 2 aliphatic heterocycles. The Morgan fingerprint density at radius 1 is 1.50 bits per heavy atom. The zero-order chi connectivity index (χ0) is 9.54. The topological polar surface area (TPSA) is 15.6 Å². The van der Waals surface area contributed by atoms with Crippen LogP contribution in [0, 0.1) is 0 Å². The van der Waals surface area contributed by atoms with Gasteiger partial charge in [0.15, 0.2) is 0 Å². The van der Waals surface area contributed by atoms with Crippen LogP contribution < -0.4 is 0 Å². The van der Waals surface area contributed by atoms with Gasteiger partial charge in [0.25, 0.3) is 0 Å². The van der Waals surface area contributed by atoms with Gasteiger partial charge >= 0.3 is 0 Å². The van der Waals surface area contributed by atoms with Crippen LogP contribution in [0.5, 0.6) is 0 Å². The van der Waals surface area contributed by atoms with Crippen molar-refractivity contribution in [3.8, 4) is 0 Å². The van der Waals surface area contributed by atoms with E-state index in [9.17, 15) is 0 Å². The van der Waals surface area contributed by atoms with Gasteiger partial charge < -0.3 is 4.90 Å². The Morgan fingerprint density at radius 2 is 2.43 bits per heavy atom. The van der Waals surface area contributed by atoms with Crippen molar-refractivity contribution in [1.29, 1.82) is 0 Å². The van der Waals surface area contributed by atoms with Crippen LogP contribution in [0.15, 0.2) is 20.9 Å². The van der Waals surface area contributed by atoms with Crippen LogP contribution in [-0.2, 0) is 6.42 Å². The largest absolute Gasteiger partial charge is 0.351 e. The first-order valence-corrected chi connectivity index (χ1v) is 6.19. The summed E-state index contributed by atoms with van der Waals surface area (Å²) in [6.07, 6.45) is 5.17. The normalized spacial score (nSPS) is 18.9. The molecular weight excluding hydrogens is 260 g/mol. The van der Waals surface area contributed by atoms with E-state index >= 15 is 0 Å². The molecule has 3 rings (SSSR count). The van der Waals surface area contributed by atoms with Crippen LogP contribution >= 0.6 is 27.3 Å². The number of aliphatic imine (C=N–C) groups is 1. The number of rotatable bonds is 0. The van der Waals surface area contributed by atoms with Crippen LogP contribution in [0.1, 0.15) is 10.4 Å². The Morgan fingerprint density at radius 3 is 3.36 bits per heavy atom. The monoisotopic (exact) mass is 268 g/mol. The first-order chi connectivity index (χ1) is 6.84. The fourth-order valence-corrected chi connectivity index (χ4v) is 3.67. The van der Waals surface area contributed by atoms with Gasteiger partial charge in [0.2, 0.25) is 0 Å². The summed E-state index contributed by atoms with van der Waals surface area (Å²) in [7, 11) is 0. The average molecular weight is 269 g/mol. The van der Waals surface area contributed by atoms with Gasteiger partial charge in [-0.25, -0.2) is 0 Å². The minimum absolute atomic E-state index is 0.820. The molecule has 0 fully saturated rings. The molecular formula is C10H9BrN2S. The summed E-state index contributed by atoms with van der Waals surface area (Å²) in [6.45, 7) is 1.92. The summed E-state index contributed by atoms with van der Waals surface area (Å²) in [5, 5.41) is 0. The van der Waals surface area contributed by atoms with Crippen LogP contribution in [-0.4, -0.2) is 24.3 Å². The SMILES string of the molecule is Brc1cc2c(s1)C1=CC=NCN1CC2. The predicted octanol–water partition coefficient (Wildman–Crippen LogP) is 2.75. The number of hydrogen-bond donors (Lipinski definition) is 0. The lowest BCUT2D eigenvalue weighted by Crippen LogP contribution is -2.30. The van der Waals surface area contributed by atoms with Crippen molar-refractivity contribution in [3.63, 3.8) is 0 Å². The highest BCUT2D eigenvalue weighted by Gasteiger charge is 2.23. The molecule has 4 heteroatoms. The molecule has 0 saturated heterocycles. The number of hydrogen-bond acceptors (Lipinski definition) is 3. The quantitative estimate of drug-likeness (QED) is 0.707. The summed E-state index contributed by atoms with van der Waals surface area (Å²) >= 11 is 5.37. The van der Waals surface area contributed by atoms with Crippen LogP contribution in [0.3, 0.4) is 0 Å². The Hall–Kier alpha value is -0.610. The van der Waals surface area contributed by atoms with Gasteiger partial charge in [-0.05, 0) is 40.1 Å². The van der Waals surface area contributed by atoms with Gasteiger partial charge in [0, 0.05) is 12.8 Å². The van der Waals surface area contributed by atoms with Crippen LogP contribution in [0.2, 0.25) is 0 Å². The molecule has 72 valence electrons. The molecule has 2 aliphatic rings. The van der Waals surface area contributed by atoms with Gasteiger partial charge in [0.05, 0.1) is 14.4 Å². The van der Waals surface area contributed by atoms with E-state index in [1.807, 2.05) is 17.6 Å². The molecule has 2 nitrogen and oxygen atoms in total. The van der Waals surface area contributed by atoms with Crippen molar-refractivity contribution in [1.82, 2.24) is 4.90 Å². The summed E-state index contributed by atoms with van der Waals surface area (Å²) < 4.78 is 1.23. The zero-order valence-corrected chi connectivity index (χ0v) is 9.94. The predicted molar refractivity (Wildman–Crippen MR) is 63.8 cm³/mol. The summed E-state index contributed by atoms with van der Waals surface area (Å²) in [5.41, 5.74) is 2.82. The number of thiophene rings is 1. The molecule has 0 aromatic carbocycles. The number of halogens is 1. The van der Waals surface area contributed by atoms with E-state index < -0.39 is 0 Å². The molecule has 14 heavy (non-hydrogen) atoms. The fraction of sp³-hybridized carbons (Fsp3) is 0.300. The van der Waals surface area contributed by atoms with Crippen molar-refractivity contribution in [2.45, 2.75) is 6.42 Å². The maximum absolute atomic E-state index is 4.26. The molecule has 0 amide bonds. The molecule has 0 aliphatic carbocycles. The van der Waals surface area contributed by atoms with Gasteiger partial charge in [-0.1, -0.05) is 0 Å². The lowest BCUT2D eigenvalue weighted by atomic mass is 10.1. The van der Waals surface area contributed by atoms with Crippen LogP contribution in [0.25, 0.3) is 5.70 Å². The average Bonchev–Trinajstić information content (AvgIpc) is 2.59. The molecule has 1 aromatic heterocycles. The van der Waals surface area contributed by atoms with E-state index in [2.05, 4.69) is 38.0 Å². The molecule has 0 N–H and O–H groups in total. The van der Waals surface area contributed by atoms with Gasteiger partial charge in [-0.3, -0.25) is 4.99 Å². The first-order valence-electron chi connectivity index (χ1n) is 4.58. The Balaban J connectivity index is 2.14. The van der Waals surface area contributed by atoms with E-state index in [0.29, 0.717) is 0 Å². The number of fused-ring (bicyclic) bond motifs is 3. The van der Waals surface area contributed by atoms with E-state index in [1.54, 1.807) is 0 Å². The van der Waals surface area contributed by atoms with E-state index in [1.165, 1.54) is 19.9 Å². The molecule has 1 aromatic rings. The summed E-state index contributed by atoms with van der Waals surface area (Å²) in [5.74, 6) is 0. The fourth-order valence-electron chi connectivity index (χ4n) is 1.91. The van der Waals surface area contributed by atoms with E-state index in [0.717, 1.165) is 19.6 Å². The second-order valence-corrected chi connectivity index (χ2v) is 5.87. The third kappa shape index (κ3) is 1.25. The molecule has 0 spiro atoms. The highest BCUT2D eigenvalue weighted by atomic mass is 79.9. The third-order valence-electron chi connectivity index (χ3n) is 2.59. The van der Waals surface area contributed by atoms with Crippen molar-refractivity contribution in [2.24, 2.45) is 4.99 Å². The number of allylic oxidation sites excluding steroid dienone is 1. The highest BCUT2D eigenvalue weighted by Crippen LogP contribution is 2.38. The van der Waals surface area contributed by atoms with Gasteiger partial charge in [-0.2, -0.15) is 0 Å². The van der Waals surface area contributed by atoms with Crippen LogP contribution in [0.4, 0.5) is 0 Å². The maximum atomic E-state index is 4.26. The zero-order valence-electron chi connectivity index (χ0n) is 7.53. The summed E-state index contributed by atoms with van der Waals surface area (Å²) in [6, 6.07) is 2.24. The van der Waals surface area contributed by atoms with Crippen molar-refractivity contribution in [3.05, 3.63) is 26.4 Å². The lowest BCUT2D eigenvalue weighted by Gasteiger charge is -2.31. The maximum Gasteiger partial charge on any atom is 0.110 e. The Kier molecular flexibility index (Phi) is 1.99. The van der Waals surface area contributed by atoms with Crippen molar-refractivity contribution < 1.29 is 0 Å². The Bertz CT molecular complexity index is 433. The van der Waals surface area contributed by atoms with E-state index in [-0.39, 0.29) is 0 Å².